The molecule has 0 aliphatic carbocycles. The van der Waals surface area contributed by atoms with E-state index < -0.39 is 15.8 Å². The van der Waals surface area contributed by atoms with Crippen LogP contribution in [0.1, 0.15) is 23.1 Å². The van der Waals surface area contributed by atoms with Crippen molar-refractivity contribution in [3.63, 3.8) is 0 Å². The Kier molecular flexibility index (Phi) is 3.84. The van der Waals surface area contributed by atoms with Crippen LogP contribution in [0.2, 0.25) is 0 Å². The van der Waals surface area contributed by atoms with Crippen molar-refractivity contribution in [2.45, 2.75) is 24.1 Å². The molecule has 0 radical (unpaired) electrons. The first-order chi connectivity index (χ1) is 9.45. The number of hydrogen-bond acceptors (Lipinski definition) is 5. The summed E-state index contributed by atoms with van der Waals surface area (Å²) in [6, 6.07) is 5.52. The lowest BCUT2D eigenvalue weighted by Gasteiger charge is -2.07. The highest BCUT2D eigenvalue weighted by molar-refractivity contribution is 7.90. The van der Waals surface area contributed by atoms with Crippen molar-refractivity contribution in [1.29, 1.82) is 0 Å². The number of aryl methyl sites for hydroxylation is 1. The quantitative estimate of drug-likeness (QED) is 0.881. The number of sulfone groups is 1. The standard InChI is InChI=1S/C12H13N3O4S/c1-2-15-11(13-8-14-15)7-20(18,19)10-6-4-3-5-9(10)12(16)17/h3-6,8H,2,7H2,1H3,(H,16,17). The summed E-state index contributed by atoms with van der Waals surface area (Å²) in [6.45, 7) is 2.31. The number of aromatic nitrogens is 3. The van der Waals surface area contributed by atoms with E-state index in [0.29, 0.717) is 6.54 Å². The highest BCUT2D eigenvalue weighted by Gasteiger charge is 2.24. The molecule has 0 aliphatic rings. The molecule has 0 atom stereocenters. The van der Waals surface area contributed by atoms with Gasteiger partial charge < -0.3 is 5.11 Å². The maximum absolute atomic E-state index is 12.3. The molecule has 7 nitrogen and oxygen atoms in total. The van der Waals surface area contributed by atoms with Gasteiger partial charge in [-0.1, -0.05) is 12.1 Å². The molecule has 0 saturated carbocycles. The Balaban J connectivity index is 2.44. The Morgan fingerprint density at radius 3 is 2.70 bits per heavy atom. The SMILES string of the molecule is CCn1ncnc1CS(=O)(=O)c1ccccc1C(=O)O. The molecule has 0 amide bonds. The highest BCUT2D eigenvalue weighted by atomic mass is 32.2. The zero-order valence-corrected chi connectivity index (χ0v) is 11.5. The van der Waals surface area contributed by atoms with E-state index in [1.54, 1.807) is 0 Å². The monoisotopic (exact) mass is 295 g/mol. The minimum atomic E-state index is -3.80. The molecule has 0 aliphatic heterocycles. The molecule has 0 unspecified atom stereocenters. The third kappa shape index (κ3) is 2.69. The molecule has 1 aromatic carbocycles. The molecule has 1 heterocycles. The van der Waals surface area contributed by atoms with Crippen LogP contribution in [0.3, 0.4) is 0 Å². The summed E-state index contributed by atoms with van der Waals surface area (Å²) in [5, 5.41) is 13.0. The number of carbonyl (C=O) groups is 1. The van der Waals surface area contributed by atoms with Gasteiger partial charge in [-0.15, -0.1) is 0 Å². The lowest BCUT2D eigenvalue weighted by molar-refractivity contribution is 0.0692. The van der Waals surface area contributed by atoms with Gasteiger partial charge in [0.2, 0.25) is 0 Å². The topological polar surface area (TPSA) is 102 Å². The van der Waals surface area contributed by atoms with E-state index in [4.69, 9.17) is 5.11 Å². The van der Waals surface area contributed by atoms with Crippen LogP contribution < -0.4 is 0 Å². The third-order valence-corrected chi connectivity index (χ3v) is 4.43. The average molecular weight is 295 g/mol. The molecule has 0 fully saturated rings. The Bertz CT molecular complexity index is 737. The smallest absolute Gasteiger partial charge is 0.337 e. The molecule has 2 rings (SSSR count). The second-order valence-electron chi connectivity index (χ2n) is 4.05. The van der Waals surface area contributed by atoms with Crippen molar-refractivity contribution in [2.24, 2.45) is 0 Å². The van der Waals surface area contributed by atoms with Crippen LogP contribution in [0.4, 0.5) is 0 Å². The van der Waals surface area contributed by atoms with Gasteiger partial charge in [0, 0.05) is 6.54 Å². The van der Waals surface area contributed by atoms with Gasteiger partial charge >= 0.3 is 5.97 Å². The van der Waals surface area contributed by atoms with Crippen molar-refractivity contribution in [1.82, 2.24) is 14.8 Å². The predicted octanol–water partition coefficient (Wildman–Crippen LogP) is 0.970. The molecule has 1 N–H and O–H groups in total. The zero-order chi connectivity index (χ0) is 14.8. The fourth-order valence-electron chi connectivity index (χ4n) is 1.83. The molecule has 20 heavy (non-hydrogen) atoms. The van der Waals surface area contributed by atoms with Crippen molar-refractivity contribution in [2.75, 3.05) is 0 Å². The molecule has 0 spiro atoms. The number of rotatable bonds is 5. The van der Waals surface area contributed by atoms with E-state index in [1.165, 1.54) is 35.3 Å². The normalized spacial score (nSPS) is 11.4. The molecular formula is C12H13N3O4S. The Labute approximate surface area is 115 Å². The number of carboxylic acids is 1. The van der Waals surface area contributed by atoms with Gasteiger partial charge in [-0.05, 0) is 19.1 Å². The number of hydrogen-bond donors (Lipinski definition) is 1. The van der Waals surface area contributed by atoms with Gasteiger partial charge in [-0.25, -0.2) is 22.9 Å². The molecule has 1 aromatic heterocycles. The minimum Gasteiger partial charge on any atom is -0.478 e. The van der Waals surface area contributed by atoms with E-state index in [0.717, 1.165) is 0 Å². The van der Waals surface area contributed by atoms with Crippen LogP contribution in [-0.4, -0.2) is 34.3 Å². The number of nitrogens with zero attached hydrogens (tertiary/aromatic N) is 3. The first-order valence-corrected chi connectivity index (χ1v) is 7.52. The van der Waals surface area contributed by atoms with E-state index in [9.17, 15) is 13.2 Å². The van der Waals surface area contributed by atoms with Crippen molar-refractivity contribution < 1.29 is 18.3 Å². The summed E-state index contributed by atoms with van der Waals surface area (Å²) >= 11 is 0. The van der Waals surface area contributed by atoms with Crippen LogP contribution in [0.15, 0.2) is 35.5 Å². The Hall–Kier alpha value is -2.22. The van der Waals surface area contributed by atoms with Gasteiger partial charge in [0.1, 0.15) is 17.9 Å². The van der Waals surface area contributed by atoms with Gasteiger partial charge in [0.25, 0.3) is 0 Å². The highest BCUT2D eigenvalue weighted by Crippen LogP contribution is 2.19. The van der Waals surface area contributed by atoms with E-state index in [1.807, 2.05) is 6.92 Å². The summed E-state index contributed by atoms with van der Waals surface area (Å²) < 4.78 is 26.2. The van der Waals surface area contributed by atoms with Gasteiger partial charge in [-0.2, -0.15) is 5.10 Å². The molecule has 0 saturated heterocycles. The van der Waals surface area contributed by atoms with E-state index in [2.05, 4.69) is 10.1 Å². The zero-order valence-electron chi connectivity index (χ0n) is 10.7. The molecule has 106 valence electrons. The van der Waals surface area contributed by atoms with Crippen LogP contribution >= 0.6 is 0 Å². The molecule has 8 heteroatoms. The fourth-order valence-corrected chi connectivity index (χ4v) is 3.32. The Morgan fingerprint density at radius 2 is 2.05 bits per heavy atom. The summed E-state index contributed by atoms with van der Waals surface area (Å²) in [4.78, 5) is 14.8. The second-order valence-corrected chi connectivity index (χ2v) is 6.01. The number of aromatic carboxylic acids is 1. The molecule has 0 bridgehead atoms. The fraction of sp³-hybridized carbons (Fsp3) is 0.250. The van der Waals surface area contributed by atoms with Crippen LogP contribution in [0.5, 0.6) is 0 Å². The predicted molar refractivity (Wildman–Crippen MR) is 70.0 cm³/mol. The van der Waals surface area contributed by atoms with Crippen LogP contribution in [-0.2, 0) is 22.1 Å². The first kappa shape index (κ1) is 14.2. The van der Waals surface area contributed by atoms with Crippen LogP contribution in [0.25, 0.3) is 0 Å². The van der Waals surface area contributed by atoms with Crippen molar-refractivity contribution in [3.8, 4) is 0 Å². The second kappa shape index (κ2) is 5.41. The van der Waals surface area contributed by atoms with Crippen molar-refractivity contribution in [3.05, 3.63) is 42.0 Å². The van der Waals surface area contributed by atoms with Crippen LogP contribution in [0, 0.1) is 0 Å². The van der Waals surface area contributed by atoms with Gasteiger partial charge in [0.05, 0.1) is 10.5 Å². The number of benzene rings is 1. The number of carboxylic acid groups (broad SMARTS) is 1. The molecular weight excluding hydrogens is 282 g/mol. The summed E-state index contributed by atoms with van der Waals surface area (Å²) in [5.41, 5.74) is -0.241. The summed E-state index contributed by atoms with van der Waals surface area (Å²) in [6.07, 6.45) is 1.28. The lowest BCUT2D eigenvalue weighted by Crippen LogP contribution is -2.14. The van der Waals surface area contributed by atoms with E-state index >= 15 is 0 Å². The maximum atomic E-state index is 12.3. The average Bonchev–Trinajstić information content (AvgIpc) is 2.85. The lowest BCUT2D eigenvalue weighted by atomic mass is 10.2. The summed E-state index contributed by atoms with van der Waals surface area (Å²) in [5.74, 6) is -1.38. The first-order valence-electron chi connectivity index (χ1n) is 5.87. The maximum Gasteiger partial charge on any atom is 0.337 e. The van der Waals surface area contributed by atoms with Gasteiger partial charge in [-0.3, -0.25) is 0 Å². The van der Waals surface area contributed by atoms with Crippen molar-refractivity contribution >= 4 is 15.8 Å². The molecule has 2 aromatic rings. The minimum absolute atomic E-state index is 0.210. The Morgan fingerprint density at radius 1 is 1.35 bits per heavy atom. The summed E-state index contributed by atoms with van der Waals surface area (Å²) in [7, 11) is -3.80. The van der Waals surface area contributed by atoms with Gasteiger partial charge in [0.15, 0.2) is 9.84 Å². The largest absolute Gasteiger partial charge is 0.478 e. The van der Waals surface area contributed by atoms with E-state index in [-0.39, 0.29) is 22.0 Å². The third-order valence-electron chi connectivity index (χ3n) is 2.77.